The summed E-state index contributed by atoms with van der Waals surface area (Å²) in [4.78, 5) is 18.9. The molecule has 0 aliphatic heterocycles. The van der Waals surface area contributed by atoms with Crippen molar-refractivity contribution < 1.29 is 23.1 Å². The molecule has 8 heteroatoms. The molecule has 1 aliphatic carbocycles. The molecule has 0 spiro atoms. The van der Waals surface area contributed by atoms with Crippen LogP contribution in [0.25, 0.3) is 0 Å². The van der Waals surface area contributed by atoms with Crippen molar-refractivity contribution in [2.45, 2.75) is 44.3 Å². The van der Waals surface area contributed by atoms with Gasteiger partial charge in [0.25, 0.3) is 0 Å². The molecule has 1 fully saturated rings. The Bertz CT molecular complexity index is 539. The second kappa shape index (κ2) is 4.60. The molecule has 0 saturated heterocycles. The van der Waals surface area contributed by atoms with Crippen molar-refractivity contribution in [3.8, 4) is 0 Å². The maximum atomic E-state index is 12.9. The van der Waals surface area contributed by atoms with Crippen molar-refractivity contribution in [2.75, 3.05) is 5.32 Å². The molecule has 0 radical (unpaired) electrons. The van der Waals surface area contributed by atoms with Gasteiger partial charge in [-0.15, -0.1) is 0 Å². The Morgan fingerprint density at radius 3 is 2.45 bits per heavy atom. The van der Waals surface area contributed by atoms with Crippen LogP contribution in [-0.4, -0.2) is 32.8 Å². The van der Waals surface area contributed by atoms with E-state index in [1.807, 2.05) is 0 Å². The first-order chi connectivity index (χ1) is 9.16. The zero-order valence-electron chi connectivity index (χ0n) is 11.0. The van der Waals surface area contributed by atoms with Gasteiger partial charge in [0.05, 0.1) is 11.9 Å². The number of nitrogens with zero attached hydrogens (tertiary/aromatic N) is 2. The predicted molar refractivity (Wildman–Crippen MR) is 64.7 cm³/mol. The van der Waals surface area contributed by atoms with Crippen molar-refractivity contribution in [3.63, 3.8) is 0 Å². The highest BCUT2D eigenvalue weighted by molar-refractivity contribution is 5.92. The zero-order valence-corrected chi connectivity index (χ0v) is 11.0. The molecule has 2 rings (SSSR count). The molecule has 0 unspecified atom stereocenters. The third kappa shape index (κ3) is 2.54. The number of hydrogen-bond donors (Lipinski definition) is 2. The van der Waals surface area contributed by atoms with Gasteiger partial charge in [-0.05, 0) is 12.8 Å². The summed E-state index contributed by atoms with van der Waals surface area (Å²) in [6.07, 6.45) is -3.49. The molecule has 1 aromatic heterocycles. The molecule has 1 aliphatic rings. The summed E-state index contributed by atoms with van der Waals surface area (Å²) >= 11 is 0. The summed E-state index contributed by atoms with van der Waals surface area (Å²) in [6, 6.07) is 0. The molecular formula is C12H14F3N3O2. The Kier molecular flexibility index (Phi) is 3.35. The van der Waals surface area contributed by atoms with Gasteiger partial charge in [0.2, 0.25) is 0 Å². The second-order valence-corrected chi connectivity index (χ2v) is 5.16. The fraction of sp³-hybridized carbons (Fsp3) is 0.583. The second-order valence-electron chi connectivity index (χ2n) is 5.16. The summed E-state index contributed by atoms with van der Waals surface area (Å²) in [5.41, 5.74) is -2.67. The van der Waals surface area contributed by atoms with E-state index in [-0.39, 0.29) is 30.3 Å². The van der Waals surface area contributed by atoms with Crippen LogP contribution in [0.1, 0.15) is 48.9 Å². The highest BCUT2D eigenvalue weighted by Gasteiger charge is 2.63. The summed E-state index contributed by atoms with van der Waals surface area (Å²) in [7, 11) is 0. The lowest BCUT2D eigenvalue weighted by atomic mass is 10.2. The van der Waals surface area contributed by atoms with Crippen LogP contribution in [0, 0.1) is 0 Å². The van der Waals surface area contributed by atoms with Gasteiger partial charge in [-0.1, -0.05) is 13.8 Å². The summed E-state index contributed by atoms with van der Waals surface area (Å²) in [5.74, 6) is -1.21. The predicted octanol–water partition coefficient (Wildman–Crippen LogP) is 2.81. The van der Waals surface area contributed by atoms with E-state index in [9.17, 15) is 18.0 Å². The van der Waals surface area contributed by atoms with E-state index in [2.05, 4.69) is 15.3 Å². The Morgan fingerprint density at radius 1 is 1.45 bits per heavy atom. The fourth-order valence-corrected chi connectivity index (χ4v) is 1.79. The average molecular weight is 289 g/mol. The van der Waals surface area contributed by atoms with Crippen molar-refractivity contribution in [1.29, 1.82) is 0 Å². The van der Waals surface area contributed by atoms with Gasteiger partial charge < -0.3 is 10.4 Å². The molecule has 0 amide bonds. The standard InChI is InChI=1S/C12H14F3N3O2/c1-6(2)9-16-5-7(8(17-9)10(19)20)18-11(3-4-11)12(13,14)15/h5-6,18H,3-4H2,1-2H3,(H,19,20). The number of hydrogen-bond acceptors (Lipinski definition) is 4. The number of anilines is 1. The quantitative estimate of drug-likeness (QED) is 0.891. The highest BCUT2D eigenvalue weighted by atomic mass is 19.4. The lowest BCUT2D eigenvalue weighted by Crippen LogP contribution is -2.39. The van der Waals surface area contributed by atoms with Gasteiger partial charge in [0.15, 0.2) is 5.69 Å². The van der Waals surface area contributed by atoms with Crippen molar-refractivity contribution in [2.24, 2.45) is 0 Å². The fourth-order valence-electron chi connectivity index (χ4n) is 1.79. The first-order valence-electron chi connectivity index (χ1n) is 6.11. The number of aromatic carboxylic acids is 1. The third-order valence-electron chi connectivity index (χ3n) is 3.19. The molecule has 1 aromatic rings. The van der Waals surface area contributed by atoms with Crippen molar-refractivity contribution >= 4 is 11.7 Å². The number of alkyl halides is 3. The van der Waals surface area contributed by atoms with Crippen LogP contribution in [0.15, 0.2) is 6.20 Å². The van der Waals surface area contributed by atoms with Crippen molar-refractivity contribution in [1.82, 2.24) is 9.97 Å². The number of carboxylic acid groups (broad SMARTS) is 1. The van der Waals surface area contributed by atoms with Gasteiger partial charge in [-0.3, -0.25) is 0 Å². The van der Waals surface area contributed by atoms with Crippen LogP contribution in [0.4, 0.5) is 18.9 Å². The molecule has 2 N–H and O–H groups in total. The monoisotopic (exact) mass is 289 g/mol. The minimum atomic E-state index is -4.43. The largest absolute Gasteiger partial charge is 0.476 e. The molecule has 0 bridgehead atoms. The Balaban J connectivity index is 2.35. The molecular weight excluding hydrogens is 275 g/mol. The lowest BCUT2D eigenvalue weighted by Gasteiger charge is -2.22. The van der Waals surface area contributed by atoms with E-state index in [4.69, 9.17) is 5.11 Å². The van der Waals surface area contributed by atoms with E-state index in [1.54, 1.807) is 13.8 Å². The van der Waals surface area contributed by atoms with Crippen LogP contribution < -0.4 is 5.32 Å². The van der Waals surface area contributed by atoms with E-state index >= 15 is 0 Å². The van der Waals surface area contributed by atoms with E-state index < -0.39 is 23.4 Å². The number of halogens is 3. The number of carboxylic acids is 1. The van der Waals surface area contributed by atoms with Gasteiger partial charge >= 0.3 is 12.1 Å². The molecule has 110 valence electrons. The first kappa shape index (κ1) is 14.5. The van der Waals surface area contributed by atoms with Gasteiger partial charge in [-0.25, -0.2) is 14.8 Å². The molecule has 20 heavy (non-hydrogen) atoms. The summed E-state index contributed by atoms with van der Waals surface area (Å²) < 4.78 is 38.6. The van der Waals surface area contributed by atoms with Crippen LogP contribution in [0.3, 0.4) is 0 Å². The molecule has 0 atom stereocenters. The number of carbonyl (C=O) groups is 1. The molecule has 5 nitrogen and oxygen atoms in total. The summed E-state index contributed by atoms with van der Waals surface area (Å²) in [5, 5.41) is 11.3. The SMILES string of the molecule is CC(C)c1ncc(NC2(C(F)(F)F)CC2)c(C(=O)O)n1. The zero-order chi connectivity index (χ0) is 15.1. The normalized spacial score (nSPS) is 17.1. The Morgan fingerprint density at radius 2 is 2.05 bits per heavy atom. The van der Waals surface area contributed by atoms with Gasteiger partial charge in [0, 0.05) is 5.92 Å². The maximum absolute atomic E-state index is 12.9. The number of aromatic nitrogens is 2. The van der Waals surface area contributed by atoms with Gasteiger partial charge in [-0.2, -0.15) is 13.2 Å². The smallest absolute Gasteiger partial charge is 0.411 e. The minimum Gasteiger partial charge on any atom is -0.476 e. The maximum Gasteiger partial charge on any atom is 0.411 e. The third-order valence-corrected chi connectivity index (χ3v) is 3.19. The topological polar surface area (TPSA) is 75.1 Å². The highest BCUT2D eigenvalue weighted by Crippen LogP contribution is 2.51. The van der Waals surface area contributed by atoms with Crippen LogP contribution in [0.2, 0.25) is 0 Å². The van der Waals surface area contributed by atoms with Crippen LogP contribution >= 0.6 is 0 Å². The lowest BCUT2D eigenvalue weighted by molar-refractivity contribution is -0.151. The first-order valence-corrected chi connectivity index (χ1v) is 6.11. The number of nitrogens with one attached hydrogen (secondary N) is 1. The van der Waals surface area contributed by atoms with Gasteiger partial charge in [0.1, 0.15) is 11.4 Å². The molecule has 0 aromatic carbocycles. The minimum absolute atomic E-state index is 0.0819. The van der Waals surface area contributed by atoms with E-state index in [0.717, 1.165) is 6.20 Å². The Labute approximate surface area is 113 Å². The number of rotatable bonds is 4. The van der Waals surface area contributed by atoms with Crippen molar-refractivity contribution in [3.05, 3.63) is 17.7 Å². The average Bonchev–Trinajstić information content (AvgIpc) is 3.09. The van der Waals surface area contributed by atoms with E-state index in [1.165, 1.54) is 0 Å². The van der Waals surface area contributed by atoms with Crippen LogP contribution in [-0.2, 0) is 0 Å². The van der Waals surface area contributed by atoms with E-state index in [0.29, 0.717) is 0 Å². The molecule has 1 heterocycles. The summed E-state index contributed by atoms with van der Waals surface area (Å²) in [6.45, 7) is 3.54. The van der Waals surface area contributed by atoms with Crippen LogP contribution in [0.5, 0.6) is 0 Å². The molecule has 1 saturated carbocycles. The Hall–Kier alpha value is -1.86.